The lowest BCUT2D eigenvalue weighted by atomic mass is 9.49. The highest BCUT2D eigenvalue weighted by molar-refractivity contribution is 6.00. The number of carbonyl (C=O) groups excluding carboxylic acids is 4. The summed E-state index contributed by atoms with van der Waals surface area (Å²) in [7, 11) is 0. The van der Waals surface area contributed by atoms with E-state index in [4.69, 9.17) is 0 Å². The molecule has 166 valence electrons. The summed E-state index contributed by atoms with van der Waals surface area (Å²) < 4.78 is 0. The number of anilines is 2. The van der Waals surface area contributed by atoms with E-state index in [1.165, 1.54) is 45.2 Å². The van der Waals surface area contributed by atoms with Crippen molar-refractivity contribution in [2.75, 3.05) is 10.6 Å². The molecule has 4 bridgehead atoms. The summed E-state index contributed by atoms with van der Waals surface area (Å²) in [5, 5.41) is 5.21. The maximum atomic E-state index is 12.6. The van der Waals surface area contributed by atoms with Gasteiger partial charge in [-0.1, -0.05) is 0 Å². The van der Waals surface area contributed by atoms with Crippen molar-refractivity contribution in [3.8, 4) is 0 Å². The third-order valence-corrected chi connectivity index (χ3v) is 6.85. The van der Waals surface area contributed by atoms with Gasteiger partial charge in [-0.2, -0.15) is 0 Å². The van der Waals surface area contributed by atoms with Crippen molar-refractivity contribution in [2.45, 2.75) is 58.8 Å². The first-order chi connectivity index (χ1) is 14.7. The van der Waals surface area contributed by atoms with Crippen molar-refractivity contribution < 1.29 is 19.2 Å². The van der Waals surface area contributed by atoms with Gasteiger partial charge in [0.05, 0.1) is 0 Å². The molecule has 31 heavy (non-hydrogen) atoms. The Balaban J connectivity index is 1.38. The summed E-state index contributed by atoms with van der Waals surface area (Å²) >= 11 is 0. The molecular weight excluding hydrogens is 396 g/mol. The highest BCUT2D eigenvalue weighted by Crippen LogP contribution is 2.61. The highest BCUT2D eigenvalue weighted by Gasteiger charge is 2.51. The van der Waals surface area contributed by atoms with Crippen LogP contribution in [-0.4, -0.2) is 23.6 Å². The molecule has 0 saturated heterocycles. The Hall–Kier alpha value is -2.90. The number of benzene rings is 1. The molecule has 8 heteroatoms. The standard InChI is InChI=1S/C23H30N4O4/c1-13(28)24-19-6-18(7-20(8-19)25-14(2)29)22(31)27-26-21(30)12-23-9-15-3-16(10-23)5-17(4-15)11-23/h6-8,15-17H,3-5,9-12H2,1-2H3,(H,24,28)(H,25,29)(H,26,30)(H,27,31). The SMILES string of the molecule is CC(=O)Nc1cc(NC(C)=O)cc(C(=O)NNC(=O)CC23CC4CC(CC(C4)C2)C3)c1. The van der Waals surface area contributed by atoms with Crippen LogP contribution in [0, 0.1) is 23.2 Å². The molecule has 1 aromatic rings. The molecule has 0 atom stereocenters. The topological polar surface area (TPSA) is 116 Å². The van der Waals surface area contributed by atoms with Crippen LogP contribution in [0.3, 0.4) is 0 Å². The van der Waals surface area contributed by atoms with Gasteiger partial charge in [0.1, 0.15) is 0 Å². The molecule has 8 nitrogen and oxygen atoms in total. The fourth-order valence-corrected chi connectivity index (χ4v) is 6.40. The molecule has 4 aliphatic rings. The molecule has 0 aromatic heterocycles. The van der Waals surface area contributed by atoms with Gasteiger partial charge in [-0.05, 0) is 79.9 Å². The largest absolute Gasteiger partial charge is 0.326 e. The van der Waals surface area contributed by atoms with Gasteiger partial charge in [0.15, 0.2) is 0 Å². The van der Waals surface area contributed by atoms with Gasteiger partial charge in [-0.3, -0.25) is 30.0 Å². The molecule has 0 spiro atoms. The molecule has 0 heterocycles. The molecule has 0 radical (unpaired) electrons. The normalized spacial score (nSPS) is 28.0. The van der Waals surface area contributed by atoms with Crippen LogP contribution >= 0.6 is 0 Å². The second kappa shape index (κ2) is 8.32. The van der Waals surface area contributed by atoms with Crippen LogP contribution in [0.1, 0.15) is 69.2 Å². The monoisotopic (exact) mass is 426 g/mol. The fraction of sp³-hybridized carbons (Fsp3) is 0.565. The number of hydrogen-bond acceptors (Lipinski definition) is 4. The summed E-state index contributed by atoms with van der Waals surface area (Å²) in [4.78, 5) is 48.1. The molecule has 4 N–H and O–H groups in total. The summed E-state index contributed by atoms with van der Waals surface area (Å²) in [6, 6.07) is 4.55. The van der Waals surface area contributed by atoms with Crippen molar-refractivity contribution >= 4 is 35.0 Å². The molecule has 4 aliphatic carbocycles. The maximum absolute atomic E-state index is 12.6. The summed E-state index contributed by atoms with van der Waals surface area (Å²) in [6.45, 7) is 2.71. The molecule has 4 amide bonds. The first-order valence-electron chi connectivity index (χ1n) is 11.0. The molecule has 0 unspecified atom stereocenters. The second-order valence-electron chi connectivity index (χ2n) is 9.76. The van der Waals surface area contributed by atoms with E-state index >= 15 is 0 Å². The predicted octanol–water partition coefficient (Wildman–Crippen LogP) is 2.97. The molecule has 4 saturated carbocycles. The van der Waals surface area contributed by atoms with Crippen LogP contribution in [0.15, 0.2) is 18.2 Å². The minimum Gasteiger partial charge on any atom is -0.326 e. The van der Waals surface area contributed by atoms with Crippen LogP contribution in [0.4, 0.5) is 11.4 Å². The smallest absolute Gasteiger partial charge is 0.269 e. The molecule has 5 rings (SSSR count). The Labute approximate surface area is 181 Å². The van der Waals surface area contributed by atoms with Crippen LogP contribution in [0.25, 0.3) is 0 Å². The quantitative estimate of drug-likeness (QED) is 0.542. The summed E-state index contributed by atoms with van der Waals surface area (Å²) in [6.07, 6.45) is 7.77. The third kappa shape index (κ3) is 5.06. The van der Waals surface area contributed by atoms with Crippen LogP contribution < -0.4 is 21.5 Å². The lowest BCUT2D eigenvalue weighted by Crippen LogP contribution is -2.50. The number of hydrazine groups is 1. The van der Waals surface area contributed by atoms with Gasteiger partial charge in [0.25, 0.3) is 5.91 Å². The number of rotatable bonds is 5. The van der Waals surface area contributed by atoms with E-state index in [0.29, 0.717) is 17.8 Å². The Kier molecular flexibility index (Phi) is 5.73. The predicted molar refractivity (Wildman–Crippen MR) is 116 cm³/mol. The van der Waals surface area contributed by atoms with Crippen molar-refractivity contribution in [3.05, 3.63) is 23.8 Å². The highest BCUT2D eigenvalue weighted by atomic mass is 16.2. The first-order valence-corrected chi connectivity index (χ1v) is 11.0. The minimum atomic E-state index is -0.516. The minimum absolute atomic E-state index is 0.0907. The van der Waals surface area contributed by atoms with E-state index in [-0.39, 0.29) is 28.7 Å². The van der Waals surface area contributed by atoms with E-state index in [1.807, 2.05) is 0 Å². The molecule has 0 aliphatic heterocycles. The number of nitrogens with one attached hydrogen (secondary N) is 4. The third-order valence-electron chi connectivity index (χ3n) is 6.85. The lowest BCUT2D eigenvalue weighted by molar-refractivity contribution is -0.130. The zero-order valence-corrected chi connectivity index (χ0v) is 18.0. The molecule has 1 aromatic carbocycles. The van der Waals surface area contributed by atoms with Crippen LogP contribution in [-0.2, 0) is 14.4 Å². The number of carbonyl (C=O) groups is 4. The van der Waals surface area contributed by atoms with Gasteiger partial charge in [0, 0.05) is 37.2 Å². The lowest BCUT2D eigenvalue weighted by Gasteiger charge is -2.56. The summed E-state index contributed by atoms with van der Waals surface area (Å²) in [5.41, 5.74) is 6.10. The van der Waals surface area contributed by atoms with E-state index in [1.54, 1.807) is 6.07 Å². The van der Waals surface area contributed by atoms with Crippen LogP contribution in [0.5, 0.6) is 0 Å². The fourth-order valence-electron chi connectivity index (χ4n) is 6.40. The van der Waals surface area contributed by atoms with Gasteiger partial charge in [-0.25, -0.2) is 0 Å². The Bertz CT molecular complexity index is 857. The van der Waals surface area contributed by atoms with Gasteiger partial charge in [0.2, 0.25) is 17.7 Å². The maximum Gasteiger partial charge on any atom is 0.269 e. The van der Waals surface area contributed by atoms with Gasteiger partial charge >= 0.3 is 0 Å². The van der Waals surface area contributed by atoms with Crippen molar-refractivity contribution in [2.24, 2.45) is 23.2 Å². The van der Waals surface area contributed by atoms with Gasteiger partial charge in [-0.15, -0.1) is 0 Å². The van der Waals surface area contributed by atoms with Gasteiger partial charge < -0.3 is 10.6 Å². The van der Waals surface area contributed by atoms with Crippen LogP contribution in [0.2, 0.25) is 0 Å². The Morgan fingerprint density at radius 3 is 1.74 bits per heavy atom. The van der Waals surface area contributed by atoms with Crippen molar-refractivity contribution in [1.29, 1.82) is 0 Å². The first kappa shape index (κ1) is 21.3. The Morgan fingerprint density at radius 2 is 1.29 bits per heavy atom. The Morgan fingerprint density at radius 1 is 0.806 bits per heavy atom. The average molecular weight is 427 g/mol. The van der Waals surface area contributed by atoms with Crippen molar-refractivity contribution in [1.82, 2.24) is 10.9 Å². The number of hydrogen-bond donors (Lipinski definition) is 4. The molecular formula is C23H30N4O4. The zero-order valence-electron chi connectivity index (χ0n) is 18.0. The number of amides is 4. The second-order valence-corrected chi connectivity index (χ2v) is 9.76. The zero-order chi connectivity index (χ0) is 22.2. The molecule has 4 fully saturated rings. The van der Waals surface area contributed by atoms with E-state index in [2.05, 4.69) is 21.5 Å². The van der Waals surface area contributed by atoms with E-state index < -0.39 is 5.91 Å². The van der Waals surface area contributed by atoms with E-state index in [0.717, 1.165) is 37.0 Å². The van der Waals surface area contributed by atoms with Crippen molar-refractivity contribution in [3.63, 3.8) is 0 Å². The van der Waals surface area contributed by atoms with E-state index in [9.17, 15) is 19.2 Å². The summed E-state index contributed by atoms with van der Waals surface area (Å²) in [5.74, 6) is 1.01. The average Bonchev–Trinajstić information content (AvgIpc) is 2.63.